The Labute approximate surface area is 169 Å². The van der Waals surface area contributed by atoms with Gasteiger partial charge < -0.3 is 10.2 Å². The Hall–Kier alpha value is -2.57. The summed E-state index contributed by atoms with van der Waals surface area (Å²) in [5.74, 6) is -0.610. The van der Waals surface area contributed by atoms with E-state index in [9.17, 15) is 13.6 Å². The van der Waals surface area contributed by atoms with Crippen molar-refractivity contribution in [3.05, 3.63) is 52.9 Å². The minimum atomic E-state index is -0.552. The summed E-state index contributed by atoms with van der Waals surface area (Å²) >= 11 is 0. The predicted octanol–water partition coefficient (Wildman–Crippen LogP) is 3.83. The zero-order chi connectivity index (χ0) is 20.5. The van der Waals surface area contributed by atoms with Crippen molar-refractivity contribution in [2.45, 2.75) is 39.0 Å². The molecule has 2 heterocycles. The maximum atomic E-state index is 14.0. The van der Waals surface area contributed by atoms with Crippen LogP contribution in [0.1, 0.15) is 42.0 Å². The summed E-state index contributed by atoms with van der Waals surface area (Å²) in [5.41, 5.74) is 2.10. The summed E-state index contributed by atoms with van der Waals surface area (Å²) in [6.45, 7) is 6.09. The van der Waals surface area contributed by atoms with Gasteiger partial charge in [-0.1, -0.05) is 6.07 Å². The summed E-state index contributed by atoms with van der Waals surface area (Å²) in [6, 6.07) is 3.88. The molecule has 0 bridgehead atoms. The molecular weight excluding hydrogens is 374 g/mol. The van der Waals surface area contributed by atoms with Gasteiger partial charge in [-0.05, 0) is 56.7 Å². The van der Waals surface area contributed by atoms with Gasteiger partial charge in [-0.3, -0.25) is 4.79 Å². The van der Waals surface area contributed by atoms with Crippen molar-refractivity contribution in [1.82, 2.24) is 14.9 Å². The molecule has 1 aliphatic carbocycles. The first-order valence-electron chi connectivity index (χ1n) is 10.2. The average molecular weight is 400 g/mol. The molecule has 2 aromatic rings. The van der Waals surface area contributed by atoms with Crippen molar-refractivity contribution in [1.29, 1.82) is 0 Å². The van der Waals surface area contributed by atoms with Gasteiger partial charge in [-0.25, -0.2) is 18.7 Å². The van der Waals surface area contributed by atoms with E-state index in [2.05, 4.69) is 15.3 Å². The highest BCUT2D eigenvalue weighted by molar-refractivity contribution is 5.83. The summed E-state index contributed by atoms with van der Waals surface area (Å²) in [6.07, 6.45) is 4.14. The highest BCUT2D eigenvalue weighted by Gasteiger charge is 2.48. The van der Waals surface area contributed by atoms with Crippen LogP contribution < -0.4 is 5.32 Å². The Bertz CT molecular complexity index is 891. The maximum Gasteiger partial charge on any atom is 0.226 e. The van der Waals surface area contributed by atoms with Crippen molar-refractivity contribution in [3.63, 3.8) is 0 Å². The van der Waals surface area contributed by atoms with Gasteiger partial charge in [0.05, 0.1) is 0 Å². The number of likely N-dealkylation sites (tertiary alicyclic amines) is 1. The van der Waals surface area contributed by atoms with Gasteiger partial charge in [0.2, 0.25) is 11.9 Å². The van der Waals surface area contributed by atoms with Gasteiger partial charge in [-0.2, -0.15) is 0 Å². The number of aryl methyl sites for hydroxylation is 2. The van der Waals surface area contributed by atoms with Crippen LogP contribution in [0.2, 0.25) is 0 Å². The summed E-state index contributed by atoms with van der Waals surface area (Å²) in [4.78, 5) is 23.4. The Morgan fingerprint density at radius 2 is 1.90 bits per heavy atom. The fourth-order valence-corrected chi connectivity index (χ4v) is 4.09. The van der Waals surface area contributed by atoms with E-state index in [-0.39, 0.29) is 23.3 Å². The molecule has 1 saturated carbocycles. The molecular formula is C22H26F2N4O. The van der Waals surface area contributed by atoms with Gasteiger partial charge in [0.1, 0.15) is 11.6 Å². The number of carbonyl (C=O) groups is 1. The second kappa shape index (κ2) is 8.05. The molecule has 1 amide bonds. The van der Waals surface area contributed by atoms with Crippen LogP contribution in [-0.4, -0.2) is 40.4 Å². The van der Waals surface area contributed by atoms with Crippen LogP contribution in [0.3, 0.4) is 0 Å². The molecule has 1 aliphatic heterocycles. The standard InChI is InChI=1S/C22H26F2N4O/c1-13-11-25-22(27-14(13)2)26-12-15-6-8-28(9-7-15)21(29)17-10-16(17)20-18(23)4-3-5-19(20)24/h3-5,11,15-17H,6-10,12H2,1-2H3,(H,25,26,27). The van der Waals surface area contributed by atoms with Crippen LogP contribution in [0, 0.1) is 37.3 Å². The monoisotopic (exact) mass is 400 g/mol. The van der Waals surface area contributed by atoms with Crippen molar-refractivity contribution in [2.75, 3.05) is 25.0 Å². The largest absolute Gasteiger partial charge is 0.354 e. The lowest BCUT2D eigenvalue weighted by atomic mass is 9.96. The summed E-state index contributed by atoms with van der Waals surface area (Å²) in [5, 5.41) is 3.29. The van der Waals surface area contributed by atoms with E-state index in [1.54, 1.807) is 0 Å². The second-order valence-electron chi connectivity index (χ2n) is 8.20. The van der Waals surface area contributed by atoms with E-state index in [0.29, 0.717) is 31.4 Å². The smallest absolute Gasteiger partial charge is 0.226 e. The molecule has 1 aromatic carbocycles. The number of anilines is 1. The van der Waals surface area contributed by atoms with Crippen LogP contribution in [-0.2, 0) is 4.79 Å². The molecule has 0 spiro atoms. The maximum absolute atomic E-state index is 14.0. The molecule has 154 valence electrons. The van der Waals surface area contributed by atoms with Gasteiger partial charge >= 0.3 is 0 Å². The molecule has 2 atom stereocenters. The zero-order valence-electron chi connectivity index (χ0n) is 16.8. The molecule has 29 heavy (non-hydrogen) atoms. The van der Waals surface area contributed by atoms with E-state index in [1.165, 1.54) is 18.2 Å². The lowest BCUT2D eigenvalue weighted by molar-refractivity contribution is -0.134. The highest BCUT2D eigenvalue weighted by atomic mass is 19.1. The molecule has 1 aromatic heterocycles. The molecule has 4 rings (SSSR count). The Kier molecular flexibility index (Phi) is 5.48. The van der Waals surface area contributed by atoms with Crippen LogP contribution >= 0.6 is 0 Å². The lowest BCUT2D eigenvalue weighted by Gasteiger charge is -2.32. The quantitative estimate of drug-likeness (QED) is 0.829. The van der Waals surface area contributed by atoms with E-state index < -0.39 is 11.6 Å². The Morgan fingerprint density at radius 3 is 2.55 bits per heavy atom. The van der Waals surface area contributed by atoms with Gasteiger partial charge in [0.25, 0.3) is 0 Å². The number of piperidine rings is 1. The van der Waals surface area contributed by atoms with Gasteiger partial charge in [-0.15, -0.1) is 0 Å². The van der Waals surface area contributed by atoms with Crippen molar-refractivity contribution < 1.29 is 13.6 Å². The van der Waals surface area contributed by atoms with Crippen molar-refractivity contribution in [3.8, 4) is 0 Å². The van der Waals surface area contributed by atoms with Crippen LogP contribution in [0.5, 0.6) is 0 Å². The van der Waals surface area contributed by atoms with Gasteiger partial charge in [0, 0.05) is 48.9 Å². The number of benzene rings is 1. The summed E-state index contributed by atoms with van der Waals surface area (Å²) in [7, 11) is 0. The van der Waals surface area contributed by atoms with Gasteiger partial charge in [0.15, 0.2) is 0 Å². The fraction of sp³-hybridized carbons (Fsp3) is 0.500. The molecule has 2 aliphatic rings. The first-order valence-corrected chi connectivity index (χ1v) is 10.2. The summed E-state index contributed by atoms with van der Waals surface area (Å²) < 4.78 is 27.9. The molecule has 5 nitrogen and oxygen atoms in total. The van der Waals surface area contributed by atoms with Crippen LogP contribution in [0.4, 0.5) is 14.7 Å². The van der Waals surface area contributed by atoms with Crippen LogP contribution in [0.25, 0.3) is 0 Å². The first-order chi connectivity index (χ1) is 13.9. The lowest BCUT2D eigenvalue weighted by Crippen LogP contribution is -2.41. The predicted molar refractivity (Wildman–Crippen MR) is 107 cm³/mol. The number of rotatable bonds is 5. The van der Waals surface area contributed by atoms with E-state index in [4.69, 9.17) is 0 Å². The molecule has 7 heteroatoms. The fourth-order valence-electron chi connectivity index (χ4n) is 4.09. The zero-order valence-corrected chi connectivity index (χ0v) is 16.8. The average Bonchev–Trinajstić information content (AvgIpc) is 3.49. The number of nitrogens with zero attached hydrogens (tertiary/aromatic N) is 3. The number of aromatic nitrogens is 2. The Morgan fingerprint density at radius 1 is 1.21 bits per heavy atom. The number of hydrogen-bond acceptors (Lipinski definition) is 4. The van der Waals surface area contributed by atoms with E-state index in [0.717, 1.165) is 30.6 Å². The highest BCUT2D eigenvalue weighted by Crippen LogP contribution is 2.50. The number of carbonyl (C=O) groups excluding carboxylic acids is 1. The minimum absolute atomic E-state index is 0.0292. The van der Waals surface area contributed by atoms with Crippen molar-refractivity contribution >= 4 is 11.9 Å². The number of amides is 1. The topological polar surface area (TPSA) is 58.1 Å². The number of halogens is 2. The molecule has 2 unspecified atom stereocenters. The van der Waals surface area contributed by atoms with E-state index in [1.807, 2.05) is 24.9 Å². The molecule has 0 radical (unpaired) electrons. The molecule has 1 N–H and O–H groups in total. The molecule has 2 fully saturated rings. The second-order valence-corrected chi connectivity index (χ2v) is 8.20. The minimum Gasteiger partial charge on any atom is -0.354 e. The third-order valence-corrected chi connectivity index (χ3v) is 6.18. The van der Waals surface area contributed by atoms with E-state index >= 15 is 0 Å². The molecule has 1 saturated heterocycles. The van der Waals surface area contributed by atoms with Crippen LogP contribution in [0.15, 0.2) is 24.4 Å². The third kappa shape index (κ3) is 4.23. The Balaban J connectivity index is 1.26. The number of nitrogens with one attached hydrogen (secondary N) is 1. The SMILES string of the molecule is Cc1cnc(NCC2CCN(C(=O)C3CC3c3c(F)cccc3F)CC2)nc1C. The number of hydrogen-bond donors (Lipinski definition) is 1. The van der Waals surface area contributed by atoms with Crippen molar-refractivity contribution in [2.24, 2.45) is 11.8 Å². The first kappa shape index (κ1) is 19.7. The normalized spacial score (nSPS) is 21.9. The third-order valence-electron chi connectivity index (χ3n) is 6.18.